The van der Waals surface area contributed by atoms with Crippen LogP contribution >= 0.6 is 0 Å². The highest BCUT2D eigenvalue weighted by Crippen LogP contribution is 2.30. The number of likely N-dealkylation sites (tertiary alicyclic amines) is 1. The smallest absolute Gasteiger partial charge is 0.410 e. The van der Waals surface area contributed by atoms with E-state index < -0.39 is 5.60 Å². The van der Waals surface area contributed by atoms with E-state index in [1.54, 1.807) is 11.0 Å². The molecule has 0 atom stereocenters. The fraction of sp³-hybridized carbons (Fsp3) is 0.611. The molecule has 1 aromatic carbocycles. The standard InChI is InChI=1S/C18H26FNO4/c1-18(2,3)24-17(21)20-9-7-13(8-10-20)14-5-6-16(19)15(11-14)12-23-22-4/h5-6,11,13H,7-10,12H2,1-4H3. The molecule has 0 bridgehead atoms. The van der Waals surface area contributed by atoms with Gasteiger partial charge in [-0.1, -0.05) is 12.1 Å². The molecule has 1 amide bonds. The number of ether oxygens (including phenoxy) is 1. The predicted molar refractivity (Wildman–Crippen MR) is 88.0 cm³/mol. The van der Waals surface area contributed by atoms with Crippen LogP contribution in [0, 0.1) is 5.82 Å². The molecule has 0 unspecified atom stereocenters. The molecule has 0 N–H and O–H groups in total. The summed E-state index contributed by atoms with van der Waals surface area (Å²) in [5, 5.41) is 0. The largest absolute Gasteiger partial charge is 0.444 e. The molecule has 1 aliphatic rings. The van der Waals surface area contributed by atoms with E-state index in [2.05, 4.69) is 4.89 Å². The highest BCUT2D eigenvalue weighted by atomic mass is 19.1. The Morgan fingerprint density at radius 2 is 1.96 bits per heavy atom. The number of rotatable bonds is 4. The summed E-state index contributed by atoms with van der Waals surface area (Å²) in [6.07, 6.45) is 1.39. The SMILES string of the molecule is COOCc1cc(C2CCN(C(=O)OC(C)(C)C)CC2)ccc1F. The van der Waals surface area contributed by atoms with E-state index in [9.17, 15) is 9.18 Å². The van der Waals surface area contributed by atoms with E-state index >= 15 is 0 Å². The normalized spacial score (nSPS) is 16.3. The van der Waals surface area contributed by atoms with Gasteiger partial charge in [-0.3, -0.25) is 0 Å². The van der Waals surface area contributed by atoms with E-state index in [0.717, 1.165) is 18.4 Å². The number of halogens is 1. The van der Waals surface area contributed by atoms with Crippen LogP contribution < -0.4 is 0 Å². The second-order valence-electron chi connectivity index (χ2n) is 7.02. The molecule has 1 heterocycles. The van der Waals surface area contributed by atoms with Gasteiger partial charge < -0.3 is 9.64 Å². The Kier molecular flexibility index (Phi) is 6.18. The second-order valence-corrected chi connectivity index (χ2v) is 7.02. The molecule has 1 aliphatic heterocycles. The first-order chi connectivity index (χ1) is 11.3. The lowest BCUT2D eigenvalue weighted by Crippen LogP contribution is -2.41. The Morgan fingerprint density at radius 1 is 1.29 bits per heavy atom. The molecule has 0 spiro atoms. The summed E-state index contributed by atoms with van der Waals surface area (Å²) in [7, 11) is 1.40. The van der Waals surface area contributed by atoms with E-state index in [1.807, 2.05) is 26.8 Å². The summed E-state index contributed by atoms with van der Waals surface area (Å²) in [5.74, 6) is -0.00688. The number of hydrogen-bond donors (Lipinski definition) is 0. The third-order valence-corrected chi connectivity index (χ3v) is 4.02. The van der Waals surface area contributed by atoms with Gasteiger partial charge >= 0.3 is 6.09 Å². The summed E-state index contributed by atoms with van der Waals surface area (Å²) in [4.78, 5) is 23.2. The van der Waals surface area contributed by atoms with Gasteiger partial charge in [0.05, 0.1) is 7.11 Å². The molecule has 24 heavy (non-hydrogen) atoms. The maximum absolute atomic E-state index is 13.8. The average Bonchev–Trinajstić information content (AvgIpc) is 2.53. The van der Waals surface area contributed by atoms with Gasteiger partial charge in [0, 0.05) is 18.7 Å². The first-order valence-corrected chi connectivity index (χ1v) is 8.22. The minimum atomic E-state index is -0.485. The third-order valence-electron chi connectivity index (χ3n) is 4.02. The monoisotopic (exact) mass is 339 g/mol. The Hall–Kier alpha value is -1.66. The van der Waals surface area contributed by atoms with Crippen LogP contribution in [0.2, 0.25) is 0 Å². The molecule has 0 aromatic heterocycles. The highest BCUT2D eigenvalue weighted by Gasteiger charge is 2.27. The number of benzene rings is 1. The molecule has 2 rings (SSSR count). The molecule has 0 radical (unpaired) electrons. The van der Waals surface area contributed by atoms with Crippen LogP contribution in [0.25, 0.3) is 0 Å². The zero-order chi connectivity index (χ0) is 17.7. The van der Waals surface area contributed by atoms with Gasteiger partial charge in [-0.2, -0.15) is 0 Å². The van der Waals surface area contributed by atoms with Gasteiger partial charge in [0.15, 0.2) is 0 Å². The predicted octanol–water partition coefficient (Wildman–Crippen LogP) is 4.02. The van der Waals surface area contributed by atoms with Gasteiger partial charge in [-0.05, 0) is 51.2 Å². The fourth-order valence-electron chi connectivity index (χ4n) is 2.80. The second kappa shape index (κ2) is 7.94. The minimum Gasteiger partial charge on any atom is -0.444 e. The Labute approximate surface area is 142 Å². The lowest BCUT2D eigenvalue weighted by Gasteiger charge is -2.33. The maximum Gasteiger partial charge on any atom is 0.410 e. The molecule has 1 saturated heterocycles. The molecular weight excluding hydrogens is 313 g/mol. The van der Waals surface area contributed by atoms with Crippen LogP contribution in [0.1, 0.15) is 50.7 Å². The maximum atomic E-state index is 13.8. The molecular formula is C18H26FNO4. The van der Waals surface area contributed by atoms with E-state index in [1.165, 1.54) is 13.2 Å². The summed E-state index contributed by atoms with van der Waals surface area (Å²) < 4.78 is 19.2. The molecule has 5 nitrogen and oxygen atoms in total. The van der Waals surface area contributed by atoms with Crippen molar-refractivity contribution in [1.29, 1.82) is 0 Å². The lowest BCUT2D eigenvalue weighted by molar-refractivity contribution is -0.282. The van der Waals surface area contributed by atoms with Crippen molar-refractivity contribution in [3.63, 3.8) is 0 Å². The van der Waals surface area contributed by atoms with Gasteiger partial charge in [0.1, 0.15) is 18.0 Å². The van der Waals surface area contributed by atoms with Crippen molar-refractivity contribution in [3.05, 3.63) is 35.1 Å². The first kappa shape index (κ1) is 18.7. The summed E-state index contributed by atoms with van der Waals surface area (Å²) >= 11 is 0. The Bertz CT molecular complexity index is 563. The van der Waals surface area contributed by atoms with Gasteiger partial charge in [-0.15, -0.1) is 0 Å². The number of amides is 1. The van der Waals surface area contributed by atoms with E-state index in [-0.39, 0.29) is 18.5 Å². The van der Waals surface area contributed by atoms with Crippen LogP contribution in [-0.2, 0) is 21.1 Å². The average molecular weight is 339 g/mol. The minimum absolute atomic E-state index is 0.0763. The summed E-state index contributed by atoms with van der Waals surface area (Å²) in [6.45, 7) is 6.94. The van der Waals surface area contributed by atoms with Gasteiger partial charge in [-0.25, -0.2) is 19.0 Å². The molecule has 1 aromatic rings. The highest BCUT2D eigenvalue weighted by molar-refractivity contribution is 5.68. The summed E-state index contributed by atoms with van der Waals surface area (Å²) in [6, 6.07) is 5.09. The van der Waals surface area contributed by atoms with Crippen molar-refractivity contribution in [1.82, 2.24) is 4.90 Å². The van der Waals surface area contributed by atoms with E-state index in [0.29, 0.717) is 24.6 Å². The Morgan fingerprint density at radius 3 is 2.54 bits per heavy atom. The van der Waals surface area contributed by atoms with Crippen molar-refractivity contribution in [2.24, 2.45) is 0 Å². The molecule has 0 saturated carbocycles. The van der Waals surface area contributed by atoms with Crippen molar-refractivity contribution >= 4 is 6.09 Å². The van der Waals surface area contributed by atoms with Crippen LogP contribution in [0.5, 0.6) is 0 Å². The van der Waals surface area contributed by atoms with Crippen LogP contribution in [0.15, 0.2) is 18.2 Å². The molecule has 1 fully saturated rings. The molecule has 134 valence electrons. The number of carbonyl (C=O) groups excluding carboxylic acids is 1. The van der Waals surface area contributed by atoms with Crippen LogP contribution in [0.4, 0.5) is 9.18 Å². The van der Waals surface area contributed by atoms with Crippen molar-refractivity contribution in [3.8, 4) is 0 Å². The van der Waals surface area contributed by atoms with E-state index in [4.69, 9.17) is 9.62 Å². The van der Waals surface area contributed by atoms with Crippen LogP contribution in [-0.4, -0.2) is 36.8 Å². The fourth-order valence-corrected chi connectivity index (χ4v) is 2.80. The van der Waals surface area contributed by atoms with Crippen LogP contribution in [0.3, 0.4) is 0 Å². The number of hydrogen-bond acceptors (Lipinski definition) is 4. The number of piperidine rings is 1. The van der Waals surface area contributed by atoms with Gasteiger partial charge in [0.25, 0.3) is 0 Å². The van der Waals surface area contributed by atoms with Crippen molar-refractivity contribution in [2.75, 3.05) is 20.2 Å². The van der Waals surface area contributed by atoms with Crippen molar-refractivity contribution in [2.45, 2.75) is 51.7 Å². The zero-order valence-electron chi connectivity index (χ0n) is 14.8. The first-order valence-electron chi connectivity index (χ1n) is 8.22. The van der Waals surface area contributed by atoms with Gasteiger partial charge in [0.2, 0.25) is 0 Å². The van der Waals surface area contributed by atoms with Crippen molar-refractivity contribution < 1.29 is 23.7 Å². The zero-order valence-corrected chi connectivity index (χ0v) is 14.8. The summed E-state index contributed by atoms with van der Waals surface area (Å²) in [5.41, 5.74) is 1.06. The molecule has 0 aliphatic carbocycles. The molecule has 6 heteroatoms. The number of nitrogens with zero attached hydrogens (tertiary/aromatic N) is 1. The topological polar surface area (TPSA) is 48.0 Å². The lowest BCUT2D eigenvalue weighted by atomic mass is 9.88. The quantitative estimate of drug-likeness (QED) is 0.614. The Balaban J connectivity index is 1.96. The number of carbonyl (C=O) groups is 1. The third kappa shape index (κ3) is 5.18.